The molecule has 0 heterocycles. The van der Waals surface area contributed by atoms with E-state index >= 15 is 0 Å². The maximum Gasteiger partial charge on any atom is 0.119 e. The van der Waals surface area contributed by atoms with Gasteiger partial charge in [-0.2, -0.15) is 0 Å². The lowest BCUT2D eigenvalue weighted by atomic mass is 9.81. The maximum absolute atomic E-state index is 10.7. The number of hydrogen-bond acceptors (Lipinski definition) is 2. The largest absolute Gasteiger partial charge is 0.508 e. The zero-order chi connectivity index (χ0) is 28.2. The van der Waals surface area contributed by atoms with Crippen molar-refractivity contribution in [3.8, 4) is 11.5 Å². The molecule has 3 aromatic rings. The zero-order valence-electron chi connectivity index (χ0n) is 25.3. The molecule has 0 aromatic heterocycles. The van der Waals surface area contributed by atoms with Crippen molar-refractivity contribution < 1.29 is 10.2 Å². The lowest BCUT2D eigenvalue weighted by Gasteiger charge is -2.25. The van der Waals surface area contributed by atoms with Crippen LogP contribution in [-0.2, 0) is 12.8 Å². The van der Waals surface area contributed by atoms with E-state index in [2.05, 4.69) is 64.1 Å². The first-order chi connectivity index (χ1) is 19.3. The average molecular weight is 539 g/mol. The van der Waals surface area contributed by atoms with Gasteiger partial charge in [-0.25, -0.2) is 0 Å². The number of aryl methyl sites for hydroxylation is 2. The Morgan fingerprint density at radius 3 is 1.40 bits per heavy atom. The minimum Gasteiger partial charge on any atom is -0.508 e. The van der Waals surface area contributed by atoms with Gasteiger partial charge in [-0.15, -0.1) is 0 Å². The molecule has 2 atom stereocenters. The molecular weight excluding hydrogens is 488 g/mol. The predicted octanol–water partition coefficient (Wildman–Crippen LogP) is 10.5. The number of benzene rings is 3. The number of hydrogen-bond donors (Lipinski definition) is 2. The highest BCUT2D eigenvalue weighted by Crippen LogP contribution is 2.41. The fraction of sp³-hybridized carbons (Fsp3) is 0.526. The normalized spacial score (nSPS) is 18.5. The molecule has 2 aliphatic carbocycles. The second kappa shape index (κ2) is 12.8. The van der Waals surface area contributed by atoms with E-state index in [9.17, 15) is 10.2 Å². The molecule has 0 radical (unpaired) electrons. The van der Waals surface area contributed by atoms with E-state index in [0.29, 0.717) is 35.2 Å². The van der Waals surface area contributed by atoms with Crippen LogP contribution in [0, 0.1) is 13.8 Å². The minimum atomic E-state index is 0.405. The molecule has 0 bridgehead atoms. The Hall–Kier alpha value is -2.74. The second-order valence-electron chi connectivity index (χ2n) is 13.2. The molecular formula is C38H50O2. The summed E-state index contributed by atoms with van der Waals surface area (Å²) < 4.78 is 0. The zero-order valence-corrected chi connectivity index (χ0v) is 25.3. The molecule has 2 fully saturated rings. The Morgan fingerprint density at radius 2 is 1.00 bits per heavy atom. The van der Waals surface area contributed by atoms with Gasteiger partial charge in [-0.3, -0.25) is 0 Å². The van der Waals surface area contributed by atoms with Crippen LogP contribution in [0.1, 0.15) is 146 Å². The number of phenolic OH excluding ortho intramolecular Hbond substituents is 2. The molecule has 5 rings (SSSR count). The highest BCUT2D eigenvalue weighted by molar-refractivity contribution is 5.46. The predicted molar refractivity (Wildman–Crippen MR) is 168 cm³/mol. The van der Waals surface area contributed by atoms with Gasteiger partial charge < -0.3 is 10.2 Å². The van der Waals surface area contributed by atoms with E-state index in [0.717, 1.165) is 12.8 Å². The first-order valence-electron chi connectivity index (χ1n) is 16.0. The third-order valence-electron chi connectivity index (χ3n) is 10.2. The average Bonchev–Trinajstić information content (AvgIpc) is 2.96. The third-order valence-corrected chi connectivity index (χ3v) is 10.2. The van der Waals surface area contributed by atoms with Crippen LogP contribution in [0.15, 0.2) is 48.5 Å². The first kappa shape index (κ1) is 28.8. The molecule has 0 amide bonds. The topological polar surface area (TPSA) is 40.5 Å². The Bertz CT molecular complexity index is 1200. The van der Waals surface area contributed by atoms with Crippen LogP contribution < -0.4 is 0 Å². The summed E-state index contributed by atoms with van der Waals surface area (Å²) in [6.07, 6.45) is 14.6. The lowest BCUT2D eigenvalue weighted by molar-refractivity contribution is 0.413. The molecule has 214 valence electrons. The summed E-state index contributed by atoms with van der Waals surface area (Å²) >= 11 is 0. The molecule has 0 saturated heterocycles. The summed E-state index contributed by atoms with van der Waals surface area (Å²) in [6.45, 7) is 8.98. The van der Waals surface area contributed by atoms with Crippen LogP contribution in [0.4, 0.5) is 0 Å². The monoisotopic (exact) mass is 538 g/mol. The Morgan fingerprint density at radius 1 is 0.600 bits per heavy atom. The molecule has 2 N–H and O–H groups in total. The van der Waals surface area contributed by atoms with Crippen LogP contribution in [0.2, 0.25) is 0 Å². The Labute approximate surface area is 242 Å². The van der Waals surface area contributed by atoms with Crippen LogP contribution in [0.5, 0.6) is 11.5 Å². The molecule has 2 heteroatoms. The molecule has 0 aliphatic heterocycles. The van der Waals surface area contributed by atoms with E-state index < -0.39 is 0 Å². The summed E-state index contributed by atoms with van der Waals surface area (Å²) in [5, 5.41) is 21.5. The molecule has 3 aromatic carbocycles. The van der Waals surface area contributed by atoms with Gasteiger partial charge in [0.05, 0.1) is 0 Å². The Kier molecular flexibility index (Phi) is 9.24. The lowest BCUT2D eigenvalue weighted by Crippen LogP contribution is -2.08. The first-order valence-corrected chi connectivity index (χ1v) is 16.0. The van der Waals surface area contributed by atoms with Crippen molar-refractivity contribution in [2.24, 2.45) is 0 Å². The molecule has 2 unspecified atom stereocenters. The summed E-state index contributed by atoms with van der Waals surface area (Å²) in [4.78, 5) is 0. The van der Waals surface area contributed by atoms with E-state index in [1.165, 1.54) is 109 Å². The van der Waals surface area contributed by atoms with Gasteiger partial charge >= 0.3 is 0 Å². The van der Waals surface area contributed by atoms with E-state index in [-0.39, 0.29) is 0 Å². The smallest absolute Gasteiger partial charge is 0.119 e. The highest BCUT2D eigenvalue weighted by atomic mass is 16.3. The summed E-state index contributed by atoms with van der Waals surface area (Å²) in [5.74, 6) is 2.82. The van der Waals surface area contributed by atoms with Crippen LogP contribution in [0.3, 0.4) is 0 Å². The number of rotatable bonds is 8. The van der Waals surface area contributed by atoms with Crippen molar-refractivity contribution in [1.82, 2.24) is 0 Å². The van der Waals surface area contributed by atoms with Crippen LogP contribution in [0.25, 0.3) is 0 Å². The fourth-order valence-corrected chi connectivity index (χ4v) is 7.50. The Balaban J connectivity index is 1.31. The van der Waals surface area contributed by atoms with Crippen molar-refractivity contribution in [2.75, 3.05) is 0 Å². The standard InChI is InChI=1S/C38H50O2/c1-25(18-33-23-35(37(39)20-27(33)3)29-12-7-5-8-13-29)31-16-11-17-32(22-31)26(2)19-34-24-36(38(40)21-28(34)4)30-14-9-6-10-15-30/h11,16-17,20-26,29-30,39-40H,5-10,12-15,18-19H2,1-4H3. The SMILES string of the molecule is Cc1cc(O)c(C2CCCCC2)cc1CC(C)c1cccc(C(C)Cc2cc(C3CCCCC3)c(O)cc2C)c1. The quantitative estimate of drug-likeness (QED) is 0.299. The van der Waals surface area contributed by atoms with Crippen molar-refractivity contribution in [3.05, 3.63) is 93.0 Å². The molecule has 0 spiro atoms. The molecule has 2 nitrogen and oxygen atoms in total. The summed E-state index contributed by atoms with van der Waals surface area (Å²) in [5.41, 5.74) is 10.3. The van der Waals surface area contributed by atoms with E-state index in [1.807, 2.05) is 12.1 Å². The van der Waals surface area contributed by atoms with Crippen molar-refractivity contribution in [3.63, 3.8) is 0 Å². The fourth-order valence-electron chi connectivity index (χ4n) is 7.50. The minimum absolute atomic E-state index is 0.405. The number of aromatic hydroxyl groups is 2. The second-order valence-corrected chi connectivity index (χ2v) is 13.2. The molecule has 2 aliphatic rings. The van der Waals surface area contributed by atoms with Gasteiger partial charge in [0.25, 0.3) is 0 Å². The third kappa shape index (κ3) is 6.59. The van der Waals surface area contributed by atoms with Crippen LogP contribution in [-0.4, -0.2) is 10.2 Å². The van der Waals surface area contributed by atoms with Crippen LogP contribution >= 0.6 is 0 Å². The van der Waals surface area contributed by atoms with E-state index in [4.69, 9.17) is 0 Å². The molecule has 2 saturated carbocycles. The van der Waals surface area contributed by atoms with Gasteiger partial charge in [0, 0.05) is 0 Å². The summed E-state index contributed by atoms with van der Waals surface area (Å²) in [6, 6.07) is 17.9. The highest BCUT2D eigenvalue weighted by Gasteiger charge is 2.22. The van der Waals surface area contributed by atoms with Gasteiger partial charge in [0.15, 0.2) is 0 Å². The number of phenols is 2. The van der Waals surface area contributed by atoms with Gasteiger partial charge in [0.2, 0.25) is 0 Å². The maximum atomic E-state index is 10.7. The van der Waals surface area contributed by atoms with Gasteiger partial charge in [-0.05, 0) is 133 Å². The van der Waals surface area contributed by atoms with Gasteiger partial charge in [0.1, 0.15) is 11.5 Å². The van der Waals surface area contributed by atoms with Gasteiger partial charge in [-0.1, -0.05) is 88.8 Å². The van der Waals surface area contributed by atoms with E-state index in [1.54, 1.807) is 0 Å². The van der Waals surface area contributed by atoms with Crippen molar-refractivity contribution in [2.45, 2.75) is 128 Å². The van der Waals surface area contributed by atoms with Crippen molar-refractivity contribution in [1.29, 1.82) is 0 Å². The van der Waals surface area contributed by atoms with Crippen molar-refractivity contribution >= 4 is 0 Å². The summed E-state index contributed by atoms with van der Waals surface area (Å²) in [7, 11) is 0. The molecule has 40 heavy (non-hydrogen) atoms.